The Morgan fingerprint density at radius 3 is 2.04 bits per heavy atom. The number of hydrogen-bond acceptors (Lipinski definition) is 7. The van der Waals surface area contributed by atoms with E-state index in [-0.39, 0.29) is 24.0 Å². The molecule has 0 aliphatic carbocycles. The van der Waals surface area contributed by atoms with Crippen molar-refractivity contribution in [1.82, 2.24) is 15.1 Å². The van der Waals surface area contributed by atoms with Gasteiger partial charge >= 0.3 is 0 Å². The fraction of sp³-hybridized carbons (Fsp3) is 0.786. The molecular weight excluding hydrogens is 336 g/mol. The minimum atomic E-state index is -1.71. The first-order valence-corrected chi connectivity index (χ1v) is 8.73. The van der Waals surface area contributed by atoms with Crippen LogP contribution in [0, 0.1) is 0 Å². The molecule has 0 aromatic heterocycles. The van der Waals surface area contributed by atoms with Crippen LogP contribution in [0.25, 0.3) is 0 Å². The van der Waals surface area contributed by atoms with E-state index in [9.17, 15) is 14.4 Å². The zero-order valence-corrected chi connectivity index (χ0v) is 16.0. The maximum atomic E-state index is 12.4. The van der Waals surface area contributed by atoms with E-state index in [1.54, 1.807) is 4.90 Å². The molecule has 0 aliphatic heterocycles. The molecule has 7 nitrogen and oxygen atoms in total. The lowest BCUT2D eigenvalue weighted by molar-refractivity contribution is -0.140. The zero-order valence-electron chi connectivity index (χ0n) is 14.2. The molecule has 0 fully saturated rings. The van der Waals surface area contributed by atoms with Gasteiger partial charge in [-0.1, -0.05) is 0 Å². The van der Waals surface area contributed by atoms with E-state index in [1.165, 1.54) is 19.0 Å². The molecule has 0 rings (SSSR count). The number of ketones is 1. The third-order valence-electron chi connectivity index (χ3n) is 3.60. The van der Waals surface area contributed by atoms with Crippen LogP contribution in [0.2, 0.25) is 0 Å². The highest BCUT2D eigenvalue weighted by molar-refractivity contribution is 7.80. The van der Waals surface area contributed by atoms with Crippen LogP contribution in [0.15, 0.2) is 0 Å². The molecule has 0 aromatic carbocycles. The van der Waals surface area contributed by atoms with Crippen molar-refractivity contribution in [2.24, 2.45) is 5.73 Å². The van der Waals surface area contributed by atoms with Crippen molar-refractivity contribution in [3.63, 3.8) is 0 Å². The van der Waals surface area contributed by atoms with E-state index in [4.69, 9.17) is 5.73 Å². The molecule has 3 N–H and O–H groups in total. The predicted octanol–water partition coefficient (Wildman–Crippen LogP) is -0.973. The maximum absolute atomic E-state index is 12.4. The molecule has 0 heterocycles. The van der Waals surface area contributed by atoms with Crippen molar-refractivity contribution in [3.05, 3.63) is 0 Å². The van der Waals surface area contributed by atoms with Crippen LogP contribution in [-0.2, 0) is 14.4 Å². The van der Waals surface area contributed by atoms with Crippen LogP contribution in [-0.4, -0.2) is 84.2 Å². The second-order valence-corrected chi connectivity index (χ2v) is 6.06. The number of nitrogens with zero attached hydrogens (tertiary/aromatic N) is 2. The van der Waals surface area contributed by atoms with Gasteiger partial charge in [-0.3, -0.25) is 19.7 Å². The highest BCUT2D eigenvalue weighted by Crippen LogP contribution is 2.09. The number of amides is 2. The van der Waals surface area contributed by atoms with Gasteiger partial charge in [0.2, 0.25) is 5.91 Å². The van der Waals surface area contributed by atoms with Crippen LogP contribution in [0.1, 0.15) is 13.8 Å². The minimum Gasteiger partial charge on any atom is -0.347 e. The van der Waals surface area contributed by atoms with Crippen LogP contribution < -0.4 is 11.1 Å². The first-order valence-electron chi connectivity index (χ1n) is 7.47. The highest BCUT2D eigenvalue weighted by Gasteiger charge is 2.41. The molecule has 23 heavy (non-hydrogen) atoms. The number of rotatable bonds is 10. The van der Waals surface area contributed by atoms with Crippen LogP contribution in [0.3, 0.4) is 0 Å². The summed E-state index contributed by atoms with van der Waals surface area (Å²) in [6, 6.07) is -0.610. The standard InChI is InChI=1S/C14H28N4O3S2/c1-5-18(6-2)12(20)10(8-22)16-7-11(19)14(15,9-23)13(21)17(3)4/h10,16,22-23H,5-9,15H2,1-4H3. The van der Waals surface area contributed by atoms with Crippen molar-refractivity contribution in [2.75, 3.05) is 45.2 Å². The van der Waals surface area contributed by atoms with Crippen molar-refractivity contribution < 1.29 is 14.4 Å². The average Bonchev–Trinajstić information content (AvgIpc) is 2.54. The molecule has 9 heteroatoms. The largest absolute Gasteiger partial charge is 0.347 e. The van der Waals surface area contributed by atoms with E-state index in [2.05, 4.69) is 30.6 Å². The lowest BCUT2D eigenvalue weighted by Crippen LogP contribution is -2.63. The lowest BCUT2D eigenvalue weighted by atomic mass is 9.95. The third-order valence-corrected chi connectivity index (χ3v) is 4.46. The van der Waals surface area contributed by atoms with E-state index in [1.807, 2.05) is 13.8 Å². The van der Waals surface area contributed by atoms with E-state index >= 15 is 0 Å². The van der Waals surface area contributed by atoms with Crippen molar-refractivity contribution in [3.8, 4) is 0 Å². The Morgan fingerprint density at radius 1 is 1.17 bits per heavy atom. The number of nitrogens with one attached hydrogen (secondary N) is 1. The summed E-state index contributed by atoms with van der Waals surface area (Å²) >= 11 is 8.19. The Labute approximate surface area is 149 Å². The topological polar surface area (TPSA) is 95.7 Å². The normalized spacial score (nSPS) is 14.7. The van der Waals surface area contributed by atoms with Gasteiger partial charge in [0, 0.05) is 38.7 Å². The SMILES string of the molecule is CCN(CC)C(=O)C(CS)NCC(=O)C(N)(CS)C(=O)N(C)C. The summed E-state index contributed by atoms with van der Waals surface area (Å²) in [6.45, 7) is 4.71. The lowest BCUT2D eigenvalue weighted by Gasteiger charge is -2.29. The molecule has 2 unspecified atom stereocenters. The number of likely N-dealkylation sites (N-methyl/N-ethyl adjacent to an activating group) is 2. The van der Waals surface area contributed by atoms with E-state index in [0.29, 0.717) is 13.1 Å². The summed E-state index contributed by atoms with van der Waals surface area (Å²) in [6.07, 6.45) is 0. The van der Waals surface area contributed by atoms with Crippen molar-refractivity contribution in [1.29, 1.82) is 0 Å². The van der Waals surface area contributed by atoms with Gasteiger partial charge in [0.15, 0.2) is 11.3 Å². The van der Waals surface area contributed by atoms with Crippen LogP contribution in [0.5, 0.6) is 0 Å². The van der Waals surface area contributed by atoms with E-state index in [0.717, 1.165) is 0 Å². The number of Topliss-reactive ketones (excluding diaryl/α,β-unsaturated/α-hetero) is 1. The van der Waals surface area contributed by atoms with Gasteiger partial charge < -0.3 is 15.5 Å². The monoisotopic (exact) mass is 364 g/mol. The summed E-state index contributed by atoms with van der Waals surface area (Å²) in [5.41, 5.74) is 4.22. The summed E-state index contributed by atoms with van der Waals surface area (Å²) in [5, 5.41) is 2.85. The number of hydrogen-bond donors (Lipinski definition) is 4. The number of nitrogens with two attached hydrogens (primary N) is 1. The first kappa shape index (κ1) is 22.2. The van der Waals surface area contributed by atoms with Crippen LogP contribution in [0.4, 0.5) is 0 Å². The number of carbonyl (C=O) groups is 3. The Balaban J connectivity index is 4.95. The second-order valence-electron chi connectivity index (χ2n) is 5.38. The summed E-state index contributed by atoms with van der Waals surface area (Å²) in [4.78, 5) is 39.7. The average molecular weight is 365 g/mol. The molecule has 0 saturated heterocycles. The fourth-order valence-electron chi connectivity index (χ4n) is 2.03. The molecule has 0 radical (unpaired) electrons. The van der Waals surface area contributed by atoms with Crippen molar-refractivity contribution >= 4 is 42.9 Å². The first-order chi connectivity index (χ1) is 10.7. The molecule has 0 aliphatic rings. The molecule has 2 amide bonds. The Morgan fingerprint density at radius 2 is 1.70 bits per heavy atom. The molecule has 0 aromatic rings. The molecule has 0 bridgehead atoms. The third kappa shape index (κ3) is 5.66. The number of carbonyl (C=O) groups excluding carboxylic acids is 3. The summed E-state index contributed by atoms with van der Waals surface area (Å²) in [5.74, 6) is -1.03. The van der Waals surface area contributed by atoms with Gasteiger partial charge in [-0.2, -0.15) is 25.3 Å². The molecular formula is C14H28N4O3S2. The maximum Gasteiger partial charge on any atom is 0.250 e. The van der Waals surface area contributed by atoms with Gasteiger partial charge in [0.05, 0.1) is 12.6 Å². The molecule has 2 atom stereocenters. The van der Waals surface area contributed by atoms with Gasteiger partial charge in [-0.15, -0.1) is 0 Å². The van der Waals surface area contributed by atoms with Gasteiger partial charge in [-0.25, -0.2) is 0 Å². The zero-order chi connectivity index (χ0) is 18.2. The quantitative estimate of drug-likeness (QED) is 0.295. The second kappa shape index (κ2) is 10.2. The number of thiol groups is 2. The molecule has 0 spiro atoms. The van der Waals surface area contributed by atoms with Gasteiger partial charge in [0.1, 0.15) is 0 Å². The highest BCUT2D eigenvalue weighted by atomic mass is 32.1. The molecule has 134 valence electrons. The Bertz CT molecular complexity index is 430. The minimum absolute atomic E-state index is 0.111. The van der Waals surface area contributed by atoms with Crippen molar-refractivity contribution in [2.45, 2.75) is 25.4 Å². The van der Waals surface area contributed by atoms with Gasteiger partial charge in [0.25, 0.3) is 5.91 Å². The summed E-state index contributed by atoms with van der Waals surface area (Å²) < 4.78 is 0. The van der Waals surface area contributed by atoms with E-state index < -0.39 is 23.3 Å². The summed E-state index contributed by atoms with van der Waals surface area (Å²) in [7, 11) is 3.04. The fourth-order valence-corrected chi connectivity index (χ4v) is 2.63. The van der Waals surface area contributed by atoms with Gasteiger partial charge in [-0.05, 0) is 13.8 Å². The smallest absolute Gasteiger partial charge is 0.250 e. The Kier molecular flexibility index (Phi) is 9.83. The Hall–Kier alpha value is -0.770. The van der Waals surface area contributed by atoms with Crippen LogP contribution >= 0.6 is 25.3 Å². The molecule has 0 saturated carbocycles. The predicted molar refractivity (Wildman–Crippen MR) is 98.0 cm³/mol.